The van der Waals surface area contributed by atoms with Crippen LogP contribution < -0.4 is 10.1 Å². The Kier molecular flexibility index (Phi) is 6.36. The summed E-state index contributed by atoms with van der Waals surface area (Å²) in [6, 6.07) is 7.60. The highest BCUT2D eigenvalue weighted by atomic mass is 16.5. The molecule has 1 N–H and O–H groups in total. The minimum absolute atomic E-state index is 0.212. The Morgan fingerprint density at radius 1 is 1.30 bits per heavy atom. The first-order valence-corrected chi connectivity index (χ1v) is 7.12. The summed E-state index contributed by atoms with van der Waals surface area (Å²) < 4.78 is 10.2. The molecular weight excluding hydrogens is 254 g/mol. The SMILES string of the molecule is CCCCC(CC)(Nc1cccc(OC)c1)C(=O)OC. The molecule has 20 heavy (non-hydrogen) atoms. The second-order valence-electron chi connectivity index (χ2n) is 4.89. The normalized spacial score (nSPS) is 13.4. The number of carbonyl (C=O) groups is 1. The molecule has 1 aromatic carbocycles. The van der Waals surface area contributed by atoms with Gasteiger partial charge in [-0.05, 0) is 25.0 Å². The Labute approximate surface area is 121 Å². The molecule has 0 bridgehead atoms. The van der Waals surface area contributed by atoms with Crippen LogP contribution in [0.2, 0.25) is 0 Å². The Morgan fingerprint density at radius 3 is 2.60 bits per heavy atom. The number of nitrogens with one attached hydrogen (secondary N) is 1. The average molecular weight is 279 g/mol. The number of esters is 1. The lowest BCUT2D eigenvalue weighted by molar-refractivity contribution is -0.146. The first-order valence-electron chi connectivity index (χ1n) is 7.12. The van der Waals surface area contributed by atoms with Crippen LogP contribution in [0.1, 0.15) is 39.5 Å². The Morgan fingerprint density at radius 2 is 2.05 bits per heavy atom. The first-order chi connectivity index (χ1) is 9.61. The quantitative estimate of drug-likeness (QED) is 0.738. The van der Waals surface area contributed by atoms with Crippen LogP contribution in [0.4, 0.5) is 5.69 Å². The van der Waals surface area contributed by atoms with Crippen molar-refractivity contribution >= 4 is 11.7 Å². The van der Waals surface area contributed by atoms with Gasteiger partial charge >= 0.3 is 5.97 Å². The third kappa shape index (κ3) is 3.89. The predicted molar refractivity (Wildman–Crippen MR) is 81.2 cm³/mol. The van der Waals surface area contributed by atoms with Gasteiger partial charge in [0, 0.05) is 11.8 Å². The lowest BCUT2D eigenvalue weighted by Crippen LogP contribution is -2.46. The predicted octanol–water partition coefficient (Wildman–Crippen LogP) is 3.62. The zero-order chi connectivity index (χ0) is 15.0. The van der Waals surface area contributed by atoms with E-state index in [-0.39, 0.29) is 5.97 Å². The van der Waals surface area contributed by atoms with Gasteiger partial charge in [0.1, 0.15) is 11.3 Å². The van der Waals surface area contributed by atoms with E-state index in [2.05, 4.69) is 12.2 Å². The summed E-state index contributed by atoms with van der Waals surface area (Å²) >= 11 is 0. The maximum absolute atomic E-state index is 12.2. The molecule has 0 spiro atoms. The van der Waals surface area contributed by atoms with Crippen LogP contribution in [0.25, 0.3) is 0 Å². The van der Waals surface area contributed by atoms with Crippen molar-refractivity contribution in [3.63, 3.8) is 0 Å². The van der Waals surface area contributed by atoms with Gasteiger partial charge < -0.3 is 14.8 Å². The average Bonchev–Trinajstić information content (AvgIpc) is 2.50. The van der Waals surface area contributed by atoms with E-state index in [1.54, 1.807) is 7.11 Å². The maximum atomic E-state index is 12.2. The lowest BCUT2D eigenvalue weighted by atomic mass is 9.89. The Hall–Kier alpha value is -1.71. The van der Waals surface area contributed by atoms with E-state index in [9.17, 15) is 4.79 Å². The van der Waals surface area contributed by atoms with Crippen LogP contribution in [-0.2, 0) is 9.53 Å². The number of hydrogen-bond donors (Lipinski definition) is 1. The number of anilines is 1. The summed E-state index contributed by atoms with van der Waals surface area (Å²) in [7, 11) is 3.07. The molecule has 1 unspecified atom stereocenters. The largest absolute Gasteiger partial charge is 0.497 e. The monoisotopic (exact) mass is 279 g/mol. The maximum Gasteiger partial charge on any atom is 0.331 e. The van der Waals surface area contributed by atoms with E-state index in [0.29, 0.717) is 6.42 Å². The van der Waals surface area contributed by atoms with E-state index in [4.69, 9.17) is 9.47 Å². The van der Waals surface area contributed by atoms with Crippen molar-refractivity contribution in [2.75, 3.05) is 19.5 Å². The van der Waals surface area contributed by atoms with E-state index in [1.165, 1.54) is 7.11 Å². The molecule has 0 fully saturated rings. The summed E-state index contributed by atoms with van der Waals surface area (Å²) in [6.07, 6.45) is 3.44. The van der Waals surface area contributed by atoms with Crippen molar-refractivity contribution in [2.45, 2.75) is 45.1 Å². The number of methoxy groups -OCH3 is 2. The van der Waals surface area contributed by atoms with Crippen LogP contribution in [0.3, 0.4) is 0 Å². The number of carbonyl (C=O) groups excluding carboxylic acids is 1. The molecule has 0 aliphatic heterocycles. The third-order valence-electron chi connectivity index (χ3n) is 3.59. The van der Waals surface area contributed by atoms with Gasteiger partial charge in [0.2, 0.25) is 0 Å². The van der Waals surface area contributed by atoms with Crippen LogP contribution in [-0.4, -0.2) is 25.7 Å². The summed E-state index contributed by atoms with van der Waals surface area (Å²) in [6.45, 7) is 4.11. The van der Waals surface area contributed by atoms with Crippen LogP contribution >= 0.6 is 0 Å². The van der Waals surface area contributed by atoms with Gasteiger partial charge in [-0.15, -0.1) is 0 Å². The van der Waals surface area contributed by atoms with E-state index < -0.39 is 5.54 Å². The van der Waals surface area contributed by atoms with Crippen molar-refractivity contribution < 1.29 is 14.3 Å². The van der Waals surface area contributed by atoms with Crippen molar-refractivity contribution in [1.29, 1.82) is 0 Å². The Balaban J connectivity index is 3.00. The number of benzene rings is 1. The number of rotatable bonds is 8. The van der Waals surface area contributed by atoms with E-state index >= 15 is 0 Å². The van der Waals surface area contributed by atoms with Crippen LogP contribution in [0.15, 0.2) is 24.3 Å². The standard InChI is InChI=1S/C16H25NO3/c1-5-7-11-16(6-2,15(18)20-4)17-13-9-8-10-14(12-13)19-3/h8-10,12,17H,5-7,11H2,1-4H3. The molecule has 0 aliphatic carbocycles. The second kappa shape index (κ2) is 7.78. The van der Waals surface area contributed by atoms with Gasteiger partial charge in [0.15, 0.2) is 0 Å². The molecule has 0 saturated heterocycles. The molecule has 1 aromatic rings. The fourth-order valence-electron chi connectivity index (χ4n) is 2.28. The summed E-state index contributed by atoms with van der Waals surface area (Å²) in [5.41, 5.74) is 0.199. The fourth-order valence-corrected chi connectivity index (χ4v) is 2.28. The van der Waals surface area contributed by atoms with Gasteiger partial charge in [-0.1, -0.05) is 32.8 Å². The number of unbranched alkanes of at least 4 members (excludes halogenated alkanes) is 1. The smallest absolute Gasteiger partial charge is 0.331 e. The summed E-state index contributed by atoms with van der Waals surface area (Å²) in [5, 5.41) is 3.35. The molecule has 112 valence electrons. The fraction of sp³-hybridized carbons (Fsp3) is 0.562. The highest BCUT2D eigenvalue weighted by Gasteiger charge is 2.37. The van der Waals surface area contributed by atoms with E-state index in [0.717, 1.165) is 30.7 Å². The van der Waals surface area contributed by atoms with E-state index in [1.807, 2.05) is 31.2 Å². The van der Waals surface area contributed by atoms with Crippen LogP contribution in [0, 0.1) is 0 Å². The minimum Gasteiger partial charge on any atom is -0.497 e. The second-order valence-corrected chi connectivity index (χ2v) is 4.89. The first kappa shape index (κ1) is 16.3. The molecule has 1 rings (SSSR count). The summed E-state index contributed by atoms with van der Waals surface area (Å²) in [4.78, 5) is 12.2. The topological polar surface area (TPSA) is 47.6 Å². The molecule has 4 heteroatoms. The summed E-state index contributed by atoms with van der Waals surface area (Å²) in [5.74, 6) is 0.552. The van der Waals surface area contributed by atoms with Crippen molar-refractivity contribution in [3.8, 4) is 5.75 Å². The molecule has 4 nitrogen and oxygen atoms in total. The molecular formula is C16H25NO3. The molecule has 1 atom stereocenters. The highest BCUT2D eigenvalue weighted by molar-refractivity contribution is 5.84. The molecule has 0 radical (unpaired) electrons. The zero-order valence-electron chi connectivity index (χ0n) is 12.9. The van der Waals surface area contributed by atoms with Gasteiger partial charge in [-0.2, -0.15) is 0 Å². The molecule has 0 heterocycles. The van der Waals surface area contributed by atoms with Gasteiger partial charge in [0.25, 0.3) is 0 Å². The highest BCUT2D eigenvalue weighted by Crippen LogP contribution is 2.28. The van der Waals surface area contributed by atoms with Crippen molar-refractivity contribution in [1.82, 2.24) is 0 Å². The third-order valence-corrected chi connectivity index (χ3v) is 3.59. The Bertz CT molecular complexity index is 433. The molecule has 0 aliphatic rings. The molecule has 0 amide bonds. The van der Waals surface area contributed by atoms with Gasteiger partial charge in [-0.3, -0.25) is 0 Å². The number of hydrogen-bond acceptors (Lipinski definition) is 4. The van der Waals surface area contributed by atoms with Crippen molar-refractivity contribution in [2.24, 2.45) is 0 Å². The van der Waals surface area contributed by atoms with Crippen molar-refractivity contribution in [3.05, 3.63) is 24.3 Å². The molecule has 0 saturated carbocycles. The number of ether oxygens (including phenoxy) is 2. The van der Waals surface area contributed by atoms with Gasteiger partial charge in [0.05, 0.1) is 14.2 Å². The zero-order valence-corrected chi connectivity index (χ0v) is 12.9. The minimum atomic E-state index is -0.670. The van der Waals surface area contributed by atoms with Gasteiger partial charge in [-0.25, -0.2) is 4.79 Å². The lowest BCUT2D eigenvalue weighted by Gasteiger charge is -2.32. The van der Waals surface area contributed by atoms with Crippen LogP contribution in [0.5, 0.6) is 5.75 Å². The molecule has 0 aromatic heterocycles.